The molecule has 0 saturated carbocycles. The normalized spacial score (nSPS) is 19.8. The maximum atomic E-state index is 12.0. The van der Waals surface area contributed by atoms with Gasteiger partial charge in [-0.15, -0.1) is 0 Å². The van der Waals surface area contributed by atoms with Gasteiger partial charge in [-0.25, -0.2) is 9.78 Å². The molecule has 1 saturated heterocycles. The smallest absolute Gasteiger partial charge is 0.407 e. The molecule has 0 radical (unpaired) electrons. The van der Waals surface area contributed by atoms with Crippen LogP contribution in [0.4, 0.5) is 10.6 Å². The number of aromatic nitrogens is 1. The summed E-state index contributed by atoms with van der Waals surface area (Å²) in [4.78, 5) is 30.2. The van der Waals surface area contributed by atoms with Crippen LogP contribution in [0.25, 0.3) is 0 Å². The summed E-state index contributed by atoms with van der Waals surface area (Å²) in [5.41, 5.74) is 2.23. The number of alkyl carbamates (subject to hydrolysis) is 1. The Bertz CT molecular complexity index is 617. The van der Waals surface area contributed by atoms with Crippen molar-refractivity contribution in [2.24, 2.45) is 0 Å². The minimum Gasteiger partial charge on any atom is -0.453 e. The molecule has 7 nitrogen and oxygen atoms in total. The van der Waals surface area contributed by atoms with E-state index in [0.717, 1.165) is 36.5 Å². The molecule has 0 unspecified atom stereocenters. The average molecular weight is 304 g/mol. The van der Waals surface area contributed by atoms with E-state index in [-0.39, 0.29) is 12.5 Å². The number of amides is 2. The van der Waals surface area contributed by atoms with Crippen molar-refractivity contribution < 1.29 is 14.3 Å². The molecular weight excluding hydrogens is 284 g/mol. The van der Waals surface area contributed by atoms with Gasteiger partial charge in [0.2, 0.25) is 0 Å². The van der Waals surface area contributed by atoms with Crippen molar-refractivity contribution in [3.8, 4) is 0 Å². The Hall–Kier alpha value is -2.31. The van der Waals surface area contributed by atoms with E-state index in [1.807, 2.05) is 6.07 Å². The maximum Gasteiger partial charge on any atom is 0.407 e. The van der Waals surface area contributed by atoms with Crippen LogP contribution in [0, 0.1) is 0 Å². The molecule has 2 amide bonds. The molecule has 0 spiro atoms. The summed E-state index contributed by atoms with van der Waals surface area (Å²) in [5, 5.41) is 5.46. The van der Waals surface area contributed by atoms with Crippen LogP contribution in [0.1, 0.15) is 41.4 Å². The summed E-state index contributed by atoms with van der Waals surface area (Å²) in [6, 6.07) is 2.28. The molecule has 3 heterocycles. The van der Waals surface area contributed by atoms with Crippen molar-refractivity contribution in [2.75, 3.05) is 18.6 Å². The first-order chi connectivity index (χ1) is 10.6. The Morgan fingerprint density at radius 2 is 2.41 bits per heavy atom. The zero-order valence-electron chi connectivity index (χ0n) is 12.8. The van der Waals surface area contributed by atoms with Crippen LogP contribution in [0.3, 0.4) is 0 Å². The second kappa shape index (κ2) is 5.82. The van der Waals surface area contributed by atoms with Crippen molar-refractivity contribution >= 4 is 17.8 Å². The van der Waals surface area contributed by atoms with Crippen molar-refractivity contribution in [2.45, 2.75) is 38.9 Å². The highest BCUT2D eigenvalue weighted by Crippen LogP contribution is 2.28. The molecule has 1 aromatic heterocycles. The molecule has 0 aliphatic carbocycles. The number of fused-ring (bicyclic) bond motifs is 1. The highest BCUT2D eigenvalue weighted by atomic mass is 16.5. The molecule has 1 atom stereocenters. The maximum absolute atomic E-state index is 12.0. The Morgan fingerprint density at radius 1 is 1.59 bits per heavy atom. The fourth-order valence-corrected chi connectivity index (χ4v) is 3.07. The van der Waals surface area contributed by atoms with Gasteiger partial charge >= 0.3 is 6.09 Å². The fourth-order valence-electron chi connectivity index (χ4n) is 3.07. The molecule has 3 rings (SSSR count). The zero-order valence-corrected chi connectivity index (χ0v) is 12.8. The van der Waals surface area contributed by atoms with Gasteiger partial charge in [-0.2, -0.15) is 0 Å². The lowest BCUT2D eigenvalue weighted by atomic mass is 10.1. The Morgan fingerprint density at radius 3 is 3.09 bits per heavy atom. The van der Waals surface area contributed by atoms with Gasteiger partial charge in [-0.3, -0.25) is 4.79 Å². The van der Waals surface area contributed by atoms with Gasteiger partial charge in [-0.1, -0.05) is 0 Å². The van der Waals surface area contributed by atoms with E-state index in [0.29, 0.717) is 18.2 Å². The second-order valence-corrected chi connectivity index (χ2v) is 5.67. The lowest BCUT2D eigenvalue weighted by molar-refractivity contribution is 0.0965. The predicted molar refractivity (Wildman–Crippen MR) is 80.7 cm³/mol. The van der Waals surface area contributed by atoms with Gasteiger partial charge in [-0.05, 0) is 25.8 Å². The largest absolute Gasteiger partial charge is 0.453 e. The number of carbonyl (C=O) groups excluding carboxylic acids is 2. The topological polar surface area (TPSA) is 83.6 Å². The molecule has 7 heteroatoms. The van der Waals surface area contributed by atoms with Crippen molar-refractivity contribution in [1.29, 1.82) is 0 Å². The molecule has 0 aromatic carbocycles. The highest BCUT2D eigenvalue weighted by Gasteiger charge is 2.28. The average Bonchev–Trinajstić information content (AvgIpc) is 3.11. The standard InChI is InChI=1S/C15H20N4O3/c1-9-4-3-5-19(9)13-6-10-11(7-16-14(10)20)12(18-13)8-17-15(21)22-2/h6,9H,3-5,7-8H2,1-2H3,(H,16,20)(H,17,21)/t9-/m1/s1. The SMILES string of the molecule is COC(=O)NCc1nc(N2CCC[C@H]2C)cc2c1CNC2=O. The van der Waals surface area contributed by atoms with Gasteiger partial charge in [0.25, 0.3) is 5.91 Å². The number of anilines is 1. The summed E-state index contributed by atoms with van der Waals surface area (Å²) in [5.74, 6) is 0.729. The number of rotatable bonds is 3. The number of pyridine rings is 1. The van der Waals surface area contributed by atoms with Crippen LogP contribution in [-0.2, 0) is 17.8 Å². The molecule has 1 aromatic rings. The first-order valence-corrected chi connectivity index (χ1v) is 7.49. The Labute approximate surface area is 129 Å². The number of ether oxygens (including phenoxy) is 1. The van der Waals surface area contributed by atoms with Gasteiger partial charge < -0.3 is 20.3 Å². The van der Waals surface area contributed by atoms with E-state index in [9.17, 15) is 9.59 Å². The minimum atomic E-state index is -0.507. The van der Waals surface area contributed by atoms with Gasteiger partial charge in [0, 0.05) is 30.3 Å². The van der Waals surface area contributed by atoms with Crippen LogP contribution >= 0.6 is 0 Å². The van der Waals surface area contributed by atoms with Gasteiger partial charge in [0.1, 0.15) is 5.82 Å². The third kappa shape index (κ3) is 2.58. The molecule has 2 aliphatic heterocycles. The minimum absolute atomic E-state index is 0.0789. The number of nitrogens with one attached hydrogen (secondary N) is 2. The fraction of sp³-hybridized carbons (Fsp3) is 0.533. The lowest BCUT2D eigenvalue weighted by Crippen LogP contribution is -2.29. The summed E-state index contributed by atoms with van der Waals surface area (Å²) < 4.78 is 4.59. The van der Waals surface area contributed by atoms with E-state index in [1.54, 1.807) is 0 Å². The monoisotopic (exact) mass is 304 g/mol. The summed E-state index contributed by atoms with van der Waals surface area (Å²) in [6.45, 7) is 3.81. The van der Waals surface area contributed by atoms with Crippen molar-refractivity contribution in [3.05, 3.63) is 22.9 Å². The highest BCUT2D eigenvalue weighted by molar-refractivity contribution is 5.99. The number of carbonyl (C=O) groups is 2. The third-order valence-corrected chi connectivity index (χ3v) is 4.30. The van der Waals surface area contributed by atoms with Crippen LogP contribution in [0.15, 0.2) is 6.07 Å². The number of hydrogen-bond donors (Lipinski definition) is 2. The van der Waals surface area contributed by atoms with Crippen molar-refractivity contribution in [3.63, 3.8) is 0 Å². The van der Waals surface area contributed by atoms with E-state index < -0.39 is 6.09 Å². The van der Waals surface area contributed by atoms with Crippen LogP contribution in [0.5, 0.6) is 0 Å². The molecule has 0 bridgehead atoms. The van der Waals surface area contributed by atoms with Gasteiger partial charge in [0.05, 0.1) is 19.3 Å². The van der Waals surface area contributed by atoms with Crippen molar-refractivity contribution in [1.82, 2.24) is 15.6 Å². The number of nitrogens with zero attached hydrogens (tertiary/aromatic N) is 2. The molecule has 118 valence electrons. The van der Waals surface area contributed by atoms with Crippen LogP contribution in [0.2, 0.25) is 0 Å². The second-order valence-electron chi connectivity index (χ2n) is 5.67. The van der Waals surface area contributed by atoms with E-state index in [4.69, 9.17) is 0 Å². The number of hydrogen-bond acceptors (Lipinski definition) is 5. The Balaban J connectivity index is 1.93. The molecule has 1 fully saturated rings. The molecule has 22 heavy (non-hydrogen) atoms. The zero-order chi connectivity index (χ0) is 15.7. The molecule has 2 aliphatic rings. The van der Waals surface area contributed by atoms with Gasteiger partial charge in [0.15, 0.2) is 0 Å². The summed E-state index contributed by atoms with van der Waals surface area (Å²) >= 11 is 0. The first-order valence-electron chi connectivity index (χ1n) is 7.49. The molecular formula is C15H20N4O3. The van der Waals surface area contributed by atoms with E-state index in [1.165, 1.54) is 7.11 Å². The molecule has 2 N–H and O–H groups in total. The first kappa shape index (κ1) is 14.6. The predicted octanol–water partition coefficient (Wildman–Crippen LogP) is 1.17. The van der Waals surface area contributed by atoms with E-state index >= 15 is 0 Å². The third-order valence-electron chi connectivity index (χ3n) is 4.30. The number of methoxy groups -OCH3 is 1. The summed E-state index contributed by atoms with van der Waals surface area (Å²) in [7, 11) is 1.32. The van der Waals surface area contributed by atoms with E-state index in [2.05, 4.69) is 32.2 Å². The summed E-state index contributed by atoms with van der Waals surface area (Å²) in [6.07, 6.45) is 1.75. The van der Waals surface area contributed by atoms with Crippen LogP contribution in [-0.4, -0.2) is 36.7 Å². The quantitative estimate of drug-likeness (QED) is 0.876. The lowest BCUT2D eigenvalue weighted by Gasteiger charge is -2.24. The van der Waals surface area contributed by atoms with Crippen LogP contribution < -0.4 is 15.5 Å². The Kier molecular flexibility index (Phi) is 3.87.